The van der Waals surface area contributed by atoms with Gasteiger partial charge in [0.05, 0.1) is 5.41 Å². The third kappa shape index (κ3) is 4.28. The van der Waals surface area contributed by atoms with Gasteiger partial charge >= 0.3 is 5.97 Å². The van der Waals surface area contributed by atoms with E-state index in [2.05, 4.69) is 4.90 Å². The van der Waals surface area contributed by atoms with Crippen molar-refractivity contribution < 1.29 is 14.6 Å². The fraction of sp³-hybridized carbons (Fsp3) is 0.923. The molecule has 0 aromatic rings. The van der Waals surface area contributed by atoms with Gasteiger partial charge in [0, 0.05) is 26.3 Å². The summed E-state index contributed by atoms with van der Waals surface area (Å²) in [6.07, 6.45) is 2.86. The van der Waals surface area contributed by atoms with Gasteiger partial charge in [0.25, 0.3) is 0 Å². The van der Waals surface area contributed by atoms with Crippen molar-refractivity contribution in [2.24, 2.45) is 11.3 Å². The van der Waals surface area contributed by atoms with Gasteiger partial charge in [-0.2, -0.15) is 0 Å². The minimum Gasteiger partial charge on any atom is -0.481 e. The SMILES string of the molecule is CCC(C)(CN(C)CC1CCOCC1)C(=O)O. The number of rotatable bonds is 6. The standard InChI is InChI=1S/C13H25NO3/c1-4-13(2,12(15)16)10-14(3)9-11-5-7-17-8-6-11/h11H,4-10H2,1-3H3,(H,15,16). The second-order valence-corrected chi connectivity index (χ2v) is 5.47. The monoisotopic (exact) mass is 243 g/mol. The second kappa shape index (κ2) is 6.36. The number of carboxylic acids is 1. The highest BCUT2D eigenvalue weighted by Crippen LogP contribution is 2.24. The smallest absolute Gasteiger partial charge is 0.310 e. The van der Waals surface area contributed by atoms with Crippen LogP contribution in [0.2, 0.25) is 0 Å². The Morgan fingerprint density at radius 3 is 2.53 bits per heavy atom. The number of hydrogen-bond acceptors (Lipinski definition) is 3. The Bertz CT molecular complexity index is 251. The van der Waals surface area contributed by atoms with Gasteiger partial charge in [-0.05, 0) is 39.2 Å². The summed E-state index contributed by atoms with van der Waals surface area (Å²) in [6, 6.07) is 0. The van der Waals surface area contributed by atoms with Crippen LogP contribution < -0.4 is 0 Å². The van der Waals surface area contributed by atoms with Gasteiger partial charge in [-0.3, -0.25) is 4.79 Å². The normalized spacial score (nSPS) is 21.4. The molecule has 1 fully saturated rings. The first-order valence-corrected chi connectivity index (χ1v) is 6.47. The molecule has 1 aliphatic heterocycles. The van der Waals surface area contributed by atoms with Crippen molar-refractivity contribution in [1.82, 2.24) is 4.90 Å². The van der Waals surface area contributed by atoms with Gasteiger partial charge in [-0.25, -0.2) is 0 Å². The van der Waals surface area contributed by atoms with Crippen LogP contribution in [0.5, 0.6) is 0 Å². The molecule has 1 saturated heterocycles. The molecule has 1 aliphatic rings. The Morgan fingerprint density at radius 2 is 2.06 bits per heavy atom. The molecule has 17 heavy (non-hydrogen) atoms. The number of aliphatic carboxylic acids is 1. The summed E-state index contributed by atoms with van der Waals surface area (Å²) in [5.74, 6) is -0.0394. The topological polar surface area (TPSA) is 49.8 Å². The third-order valence-electron chi connectivity index (χ3n) is 3.83. The van der Waals surface area contributed by atoms with E-state index >= 15 is 0 Å². The fourth-order valence-electron chi connectivity index (χ4n) is 2.36. The summed E-state index contributed by atoms with van der Waals surface area (Å²) in [4.78, 5) is 13.4. The lowest BCUT2D eigenvalue weighted by atomic mass is 9.86. The van der Waals surface area contributed by atoms with Gasteiger partial charge in [0.15, 0.2) is 0 Å². The van der Waals surface area contributed by atoms with Crippen LogP contribution in [0.4, 0.5) is 0 Å². The third-order valence-corrected chi connectivity index (χ3v) is 3.83. The maximum absolute atomic E-state index is 11.2. The van der Waals surface area contributed by atoms with Crippen molar-refractivity contribution in [1.29, 1.82) is 0 Å². The van der Waals surface area contributed by atoms with Crippen LogP contribution in [0.25, 0.3) is 0 Å². The Balaban J connectivity index is 2.41. The summed E-state index contributed by atoms with van der Waals surface area (Å²) in [6.45, 7) is 7.07. The molecule has 4 heteroatoms. The maximum atomic E-state index is 11.2. The quantitative estimate of drug-likeness (QED) is 0.773. The minimum atomic E-state index is -0.696. The van der Waals surface area contributed by atoms with Crippen molar-refractivity contribution in [3.8, 4) is 0 Å². The predicted molar refractivity (Wildman–Crippen MR) is 67.1 cm³/mol. The number of nitrogens with zero attached hydrogens (tertiary/aromatic N) is 1. The molecular formula is C13H25NO3. The van der Waals surface area contributed by atoms with E-state index in [-0.39, 0.29) is 0 Å². The Morgan fingerprint density at radius 1 is 1.47 bits per heavy atom. The summed E-state index contributed by atoms with van der Waals surface area (Å²) in [7, 11) is 2.02. The van der Waals surface area contributed by atoms with Crippen molar-refractivity contribution in [3.63, 3.8) is 0 Å². The molecule has 1 heterocycles. The Hall–Kier alpha value is -0.610. The number of hydrogen-bond donors (Lipinski definition) is 1. The van der Waals surface area contributed by atoms with Gasteiger partial charge in [-0.1, -0.05) is 6.92 Å². The van der Waals surface area contributed by atoms with Gasteiger partial charge in [0.2, 0.25) is 0 Å². The molecule has 1 atom stereocenters. The highest BCUT2D eigenvalue weighted by Gasteiger charge is 2.32. The molecular weight excluding hydrogens is 218 g/mol. The average molecular weight is 243 g/mol. The largest absolute Gasteiger partial charge is 0.481 e. The maximum Gasteiger partial charge on any atom is 0.310 e. The van der Waals surface area contributed by atoms with Crippen LogP contribution >= 0.6 is 0 Å². The number of ether oxygens (including phenoxy) is 1. The van der Waals surface area contributed by atoms with Crippen molar-refractivity contribution in [2.75, 3.05) is 33.4 Å². The van der Waals surface area contributed by atoms with E-state index in [9.17, 15) is 9.90 Å². The molecule has 0 bridgehead atoms. The first-order valence-electron chi connectivity index (χ1n) is 6.47. The van der Waals surface area contributed by atoms with Crippen molar-refractivity contribution in [2.45, 2.75) is 33.1 Å². The van der Waals surface area contributed by atoms with E-state index in [1.807, 2.05) is 20.9 Å². The van der Waals surface area contributed by atoms with Crippen LogP contribution in [-0.2, 0) is 9.53 Å². The molecule has 100 valence electrons. The Kier molecular flexibility index (Phi) is 5.40. The lowest BCUT2D eigenvalue weighted by Gasteiger charge is -2.32. The summed E-state index contributed by atoms with van der Waals surface area (Å²) < 4.78 is 5.33. The van der Waals surface area contributed by atoms with Crippen molar-refractivity contribution >= 4 is 5.97 Å². The van der Waals surface area contributed by atoms with E-state index in [1.54, 1.807) is 0 Å². The van der Waals surface area contributed by atoms with Crippen LogP contribution in [0.1, 0.15) is 33.1 Å². The van der Waals surface area contributed by atoms with Crippen LogP contribution in [0.3, 0.4) is 0 Å². The van der Waals surface area contributed by atoms with Crippen LogP contribution in [0, 0.1) is 11.3 Å². The predicted octanol–water partition coefficient (Wildman–Crippen LogP) is 1.85. The Labute approximate surface area is 104 Å². The molecule has 0 saturated carbocycles. The van der Waals surface area contributed by atoms with E-state index in [0.29, 0.717) is 18.9 Å². The lowest BCUT2D eigenvalue weighted by molar-refractivity contribution is -0.149. The number of carbonyl (C=O) groups is 1. The summed E-state index contributed by atoms with van der Waals surface area (Å²) in [5.41, 5.74) is -0.625. The van der Waals surface area contributed by atoms with Gasteiger partial charge in [-0.15, -0.1) is 0 Å². The van der Waals surface area contributed by atoms with E-state index in [1.165, 1.54) is 0 Å². The highest BCUT2D eigenvalue weighted by atomic mass is 16.5. The van der Waals surface area contributed by atoms with Gasteiger partial charge in [0.1, 0.15) is 0 Å². The van der Waals surface area contributed by atoms with Crippen LogP contribution in [-0.4, -0.2) is 49.3 Å². The molecule has 1 N–H and O–H groups in total. The zero-order chi connectivity index (χ0) is 12.9. The second-order valence-electron chi connectivity index (χ2n) is 5.47. The molecule has 0 amide bonds. The molecule has 4 nitrogen and oxygen atoms in total. The summed E-state index contributed by atoms with van der Waals surface area (Å²) in [5, 5.41) is 9.24. The molecule has 0 spiro atoms. The highest BCUT2D eigenvalue weighted by molar-refractivity contribution is 5.74. The first kappa shape index (κ1) is 14.5. The van der Waals surface area contributed by atoms with E-state index < -0.39 is 11.4 Å². The lowest BCUT2D eigenvalue weighted by Crippen LogP contribution is -2.41. The molecule has 1 rings (SSSR count). The molecule has 0 aromatic heterocycles. The fourth-order valence-corrected chi connectivity index (χ4v) is 2.36. The van der Waals surface area contributed by atoms with E-state index in [4.69, 9.17) is 4.74 Å². The average Bonchev–Trinajstić information content (AvgIpc) is 2.29. The zero-order valence-corrected chi connectivity index (χ0v) is 11.2. The molecule has 0 radical (unpaired) electrons. The van der Waals surface area contributed by atoms with Crippen LogP contribution in [0.15, 0.2) is 0 Å². The molecule has 0 aliphatic carbocycles. The summed E-state index contributed by atoms with van der Waals surface area (Å²) >= 11 is 0. The minimum absolute atomic E-state index is 0.621. The molecule has 0 aromatic carbocycles. The van der Waals surface area contributed by atoms with Crippen molar-refractivity contribution in [3.05, 3.63) is 0 Å². The van der Waals surface area contributed by atoms with E-state index in [0.717, 1.165) is 32.6 Å². The molecule has 1 unspecified atom stereocenters. The number of carboxylic acid groups (broad SMARTS) is 1. The zero-order valence-electron chi connectivity index (χ0n) is 11.2. The van der Waals surface area contributed by atoms with Gasteiger partial charge < -0.3 is 14.7 Å². The first-order chi connectivity index (χ1) is 7.98.